The zero-order valence-corrected chi connectivity index (χ0v) is 17.1. The number of halogens is 1. The molecule has 0 fully saturated rings. The standard InChI is InChI=1S/C17H23N5O2.HI/c1-13-9-20-22(10-13)7-6-19-17(18-2)21(3)11-14-4-5-15-16(8-14)24-12-23-15;/h4-5,8-10H,6-7,11-12H2,1-3H3,(H,18,19);1H. The number of benzene rings is 1. The number of hydrogen-bond donors (Lipinski definition) is 1. The Labute approximate surface area is 165 Å². The Bertz CT molecular complexity index is 732. The summed E-state index contributed by atoms with van der Waals surface area (Å²) in [6, 6.07) is 6.00. The molecule has 2 heterocycles. The molecule has 3 rings (SSSR count). The molecule has 1 aromatic carbocycles. The van der Waals surface area contributed by atoms with Crippen LogP contribution < -0.4 is 14.8 Å². The van der Waals surface area contributed by atoms with Crippen molar-refractivity contribution in [2.45, 2.75) is 20.0 Å². The number of ether oxygens (including phenoxy) is 2. The van der Waals surface area contributed by atoms with Crippen molar-refractivity contribution in [1.82, 2.24) is 20.0 Å². The fraction of sp³-hybridized carbons (Fsp3) is 0.412. The lowest BCUT2D eigenvalue weighted by Crippen LogP contribution is -2.39. The van der Waals surface area contributed by atoms with Crippen LogP contribution in [-0.4, -0.2) is 48.1 Å². The maximum atomic E-state index is 5.43. The molecule has 0 atom stereocenters. The molecular formula is C17H24IN5O2. The van der Waals surface area contributed by atoms with E-state index in [4.69, 9.17) is 9.47 Å². The number of guanidine groups is 1. The minimum Gasteiger partial charge on any atom is -0.454 e. The third kappa shape index (κ3) is 5.00. The summed E-state index contributed by atoms with van der Waals surface area (Å²) in [7, 11) is 3.80. The van der Waals surface area contributed by atoms with E-state index in [9.17, 15) is 0 Å². The zero-order valence-electron chi connectivity index (χ0n) is 14.7. The number of nitrogens with one attached hydrogen (secondary N) is 1. The van der Waals surface area contributed by atoms with Gasteiger partial charge in [0.05, 0.1) is 12.7 Å². The van der Waals surface area contributed by atoms with E-state index in [2.05, 4.69) is 20.3 Å². The van der Waals surface area contributed by atoms with E-state index in [1.807, 2.05) is 49.2 Å². The summed E-state index contributed by atoms with van der Waals surface area (Å²) in [5.74, 6) is 2.45. The fourth-order valence-corrected chi connectivity index (χ4v) is 2.64. The van der Waals surface area contributed by atoms with E-state index < -0.39 is 0 Å². The van der Waals surface area contributed by atoms with Crippen LogP contribution in [-0.2, 0) is 13.1 Å². The highest BCUT2D eigenvalue weighted by Gasteiger charge is 2.14. The number of fused-ring (bicyclic) bond motifs is 1. The number of hydrogen-bond acceptors (Lipinski definition) is 4. The fourth-order valence-electron chi connectivity index (χ4n) is 2.64. The summed E-state index contributed by atoms with van der Waals surface area (Å²) < 4.78 is 12.7. The summed E-state index contributed by atoms with van der Waals surface area (Å²) in [5, 5.41) is 7.64. The number of rotatable bonds is 5. The first-order valence-corrected chi connectivity index (χ1v) is 7.95. The number of aryl methyl sites for hydroxylation is 1. The molecule has 8 heteroatoms. The topological polar surface area (TPSA) is 63.9 Å². The van der Waals surface area contributed by atoms with Crippen LogP contribution in [0.4, 0.5) is 0 Å². The Hall–Kier alpha value is -1.97. The van der Waals surface area contributed by atoms with E-state index >= 15 is 0 Å². The molecule has 7 nitrogen and oxygen atoms in total. The van der Waals surface area contributed by atoms with Crippen LogP contribution in [0.5, 0.6) is 11.5 Å². The van der Waals surface area contributed by atoms with Gasteiger partial charge in [0.15, 0.2) is 17.5 Å². The van der Waals surface area contributed by atoms with Crippen molar-refractivity contribution in [3.05, 3.63) is 41.7 Å². The molecule has 0 amide bonds. The first-order chi connectivity index (χ1) is 11.7. The molecule has 0 aliphatic carbocycles. The lowest BCUT2D eigenvalue weighted by Gasteiger charge is -2.22. The molecule has 0 saturated carbocycles. The molecule has 0 spiro atoms. The van der Waals surface area contributed by atoms with Gasteiger partial charge in [-0.2, -0.15) is 5.10 Å². The third-order valence-electron chi connectivity index (χ3n) is 3.82. The molecule has 2 aromatic rings. The van der Waals surface area contributed by atoms with Crippen molar-refractivity contribution in [1.29, 1.82) is 0 Å². The summed E-state index contributed by atoms with van der Waals surface area (Å²) in [6.45, 7) is 4.63. The van der Waals surface area contributed by atoms with Crippen molar-refractivity contribution in [2.75, 3.05) is 27.4 Å². The number of nitrogens with zero attached hydrogens (tertiary/aromatic N) is 4. The quantitative estimate of drug-likeness (QED) is 0.424. The smallest absolute Gasteiger partial charge is 0.231 e. The Kier molecular flexibility index (Phi) is 6.91. The van der Waals surface area contributed by atoms with Crippen molar-refractivity contribution in [2.24, 2.45) is 4.99 Å². The average molecular weight is 457 g/mol. The minimum absolute atomic E-state index is 0. The van der Waals surface area contributed by atoms with Gasteiger partial charge in [0.25, 0.3) is 0 Å². The van der Waals surface area contributed by atoms with Crippen LogP contribution in [0.15, 0.2) is 35.6 Å². The van der Waals surface area contributed by atoms with Crippen molar-refractivity contribution < 1.29 is 9.47 Å². The Balaban J connectivity index is 0.00000225. The Morgan fingerprint density at radius 3 is 2.88 bits per heavy atom. The zero-order chi connectivity index (χ0) is 16.9. The SMILES string of the molecule is CN=C(NCCn1cc(C)cn1)N(C)Cc1ccc2c(c1)OCO2.I. The molecule has 1 aliphatic heterocycles. The van der Waals surface area contributed by atoms with Crippen molar-refractivity contribution in [3.63, 3.8) is 0 Å². The van der Waals surface area contributed by atoms with Crippen LogP contribution >= 0.6 is 24.0 Å². The van der Waals surface area contributed by atoms with Crippen LogP contribution in [0.3, 0.4) is 0 Å². The Morgan fingerprint density at radius 1 is 1.36 bits per heavy atom. The van der Waals surface area contributed by atoms with E-state index in [0.717, 1.165) is 42.7 Å². The molecule has 1 N–H and O–H groups in total. The van der Waals surface area contributed by atoms with Gasteiger partial charge in [-0.05, 0) is 30.2 Å². The Morgan fingerprint density at radius 2 is 2.16 bits per heavy atom. The van der Waals surface area contributed by atoms with Crippen molar-refractivity contribution in [3.8, 4) is 11.5 Å². The molecule has 1 aromatic heterocycles. The summed E-state index contributed by atoms with van der Waals surface area (Å²) in [6.07, 6.45) is 3.89. The number of aromatic nitrogens is 2. The molecular weight excluding hydrogens is 433 g/mol. The molecule has 136 valence electrons. The van der Waals surface area contributed by atoms with Crippen molar-refractivity contribution >= 4 is 29.9 Å². The van der Waals surface area contributed by atoms with Gasteiger partial charge >= 0.3 is 0 Å². The maximum absolute atomic E-state index is 5.43. The first-order valence-electron chi connectivity index (χ1n) is 7.95. The summed E-state index contributed by atoms with van der Waals surface area (Å²) >= 11 is 0. The van der Waals surface area contributed by atoms with Gasteiger partial charge in [-0.25, -0.2) is 0 Å². The number of aliphatic imine (C=N–C) groups is 1. The molecule has 0 unspecified atom stereocenters. The molecule has 1 aliphatic rings. The maximum Gasteiger partial charge on any atom is 0.231 e. The second-order valence-electron chi connectivity index (χ2n) is 5.80. The molecule has 0 radical (unpaired) electrons. The largest absolute Gasteiger partial charge is 0.454 e. The second-order valence-corrected chi connectivity index (χ2v) is 5.80. The average Bonchev–Trinajstić information content (AvgIpc) is 3.19. The van der Waals surface area contributed by atoms with Gasteiger partial charge in [-0.1, -0.05) is 6.07 Å². The summed E-state index contributed by atoms with van der Waals surface area (Å²) in [4.78, 5) is 6.41. The normalized spacial score (nSPS) is 12.7. The van der Waals surface area contributed by atoms with Gasteiger partial charge < -0.3 is 19.7 Å². The van der Waals surface area contributed by atoms with Gasteiger partial charge in [-0.3, -0.25) is 9.67 Å². The van der Waals surface area contributed by atoms with Gasteiger partial charge in [0.1, 0.15) is 0 Å². The lowest BCUT2D eigenvalue weighted by molar-refractivity contribution is 0.174. The predicted molar refractivity (Wildman–Crippen MR) is 108 cm³/mol. The van der Waals surface area contributed by atoms with Gasteiger partial charge in [0, 0.05) is 33.4 Å². The highest BCUT2D eigenvalue weighted by Crippen LogP contribution is 2.32. The van der Waals surface area contributed by atoms with Gasteiger partial charge in [-0.15, -0.1) is 24.0 Å². The highest BCUT2D eigenvalue weighted by molar-refractivity contribution is 14.0. The van der Waals surface area contributed by atoms with Crippen LogP contribution in [0.2, 0.25) is 0 Å². The first kappa shape index (κ1) is 19.4. The predicted octanol–water partition coefficient (Wildman–Crippen LogP) is 2.25. The summed E-state index contributed by atoms with van der Waals surface area (Å²) in [5.41, 5.74) is 2.31. The van der Waals surface area contributed by atoms with Crippen LogP contribution in [0.1, 0.15) is 11.1 Å². The van der Waals surface area contributed by atoms with Gasteiger partial charge in [0.2, 0.25) is 6.79 Å². The molecule has 25 heavy (non-hydrogen) atoms. The van der Waals surface area contributed by atoms with Crippen LogP contribution in [0, 0.1) is 6.92 Å². The monoisotopic (exact) mass is 457 g/mol. The molecule has 0 bridgehead atoms. The third-order valence-corrected chi connectivity index (χ3v) is 3.82. The second kappa shape index (κ2) is 8.93. The van der Waals surface area contributed by atoms with E-state index in [-0.39, 0.29) is 24.0 Å². The van der Waals surface area contributed by atoms with Crippen LogP contribution in [0.25, 0.3) is 0 Å². The van der Waals surface area contributed by atoms with E-state index in [1.165, 1.54) is 5.56 Å². The van der Waals surface area contributed by atoms with E-state index in [1.54, 1.807) is 7.05 Å². The molecule has 0 saturated heterocycles. The minimum atomic E-state index is 0. The highest BCUT2D eigenvalue weighted by atomic mass is 127. The lowest BCUT2D eigenvalue weighted by atomic mass is 10.2. The van der Waals surface area contributed by atoms with E-state index in [0.29, 0.717) is 6.79 Å².